The summed E-state index contributed by atoms with van der Waals surface area (Å²) in [6.45, 7) is 11.5. The Kier molecular flexibility index (Phi) is 9.06. The van der Waals surface area contributed by atoms with Crippen molar-refractivity contribution in [3.8, 4) is 11.1 Å². The molecule has 1 N–H and O–H groups in total. The number of esters is 1. The summed E-state index contributed by atoms with van der Waals surface area (Å²) >= 11 is 0. The zero-order valence-corrected chi connectivity index (χ0v) is 29.7. The van der Waals surface area contributed by atoms with Gasteiger partial charge in [-0.1, -0.05) is 66.7 Å². The number of amides is 1. The van der Waals surface area contributed by atoms with Crippen molar-refractivity contribution in [3.05, 3.63) is 129 Å². The van der Waals surface area contributed by atoms with E-state index in [2.05, 4.69) is 29.6 Å². The van der Waals surface area contributed by atoms with Gasteiger partial charge in [0.1, 0.15) is 17.8 Å². The largest absolute Gasteiger partial charge is 0.456 e. The van der Waals surface area contributed by atoms with E-state index in [0.717, 1.165) is 11.1 Å². The third-order valence-electron chi connectivity index (χ3n) is 9.56. The fraction of sp³-hybridized carbons (Fsp3) is 0.310. The first-order chi connectivity index (χ1) is 24.5. The molecule has 0 spiro atoms. The first-order valence-corrected chi connectivity index (χ1v) is 17.5. The lowest BCUT2D eigenvalue weighted by atomic mass is 9.98. The Bertz CT molecular complexity index is 2130. The quantitative estimate of drug-likeness (QED) is 0.171. The van der Waals surface area contributed by atoms with Gasteiger partial charge in [-0.05, 0) is 80.6 Å². The molecule has 1 saturated heterocycles. The summed E-state index contributed by atoms with van der Waals surface area (Å²) in [5.74, 6) is 0.0270. The number of fused-ring (bicyclic) bond motifs is 4. The van der Waals surface area contributed by atoms with Crippen molar-refractivity contribution in [1.29, 1.82) is 0 Å². The van der Waals surface area contributed by atoms with E-state index in [4.69, 9.17) is 13.9 Å². The highest BCUT2D eigenvalue weighted by atomic mass is 16.6. The van der Waals surface area contributed by atoms with Crippen molar-refractivity contribution in [2.45, 2.75) is 52.2 Å². The Labute approximate surface area is 297 Å². The molecule has 9 heteroatoms. The Morgan fingerprint density at radius 3 is 2.18 bits per heavy atom. The molecule has 1 unspecified atom stereocenters. The molecule has 1 fully saturated rings. The standard InChI is InChI=1S/C42H43N3O6/c1-26-22-33(27(2)43-36-17-11-10-16-32(36)40(47)51-42(3,4)5)39-34(23-26)37(46)24-38(50-39)44-18-20-45(21-19-44)41(48)49-25-35-30-14-8-6-12-28(30)29-13-7-9-15-31(29)35/h6-17,22-24,27,35,43H,18-21,25H2,1-5H3. The summed E-state index contributed by atoms with van der Waals surface area (Å²) in [6, 6.07) is 28.9. The van der Waals surface area contributed by atoms with Crippen LogP contribution in [0.1, 0.15) is 72.3 Å². The van der Waals surface area contributed by atoms with Gasteiger partial charge >= 0.3 is 12.1 Å². The van der Waals surface area contributed by atoms with E-state index in [-0.39, 0.29) is 30.1 Å². The van der Waals surface area contributed by atoms with Gasteiger partial charge in [-0.25, -0.2) is 9.59 Å². The average molecular weight is 686 g/mol. The molecule has 0 radical (unpaired) electrons. The van der Waals surface area contributed by atoms with E-state index >= 15 is 0 Å². The van der Waals surface area contributed by atoms with E-state index in [9.17, 15) is 14.4 Å². The van der Waals surface area contributed by atoms with Gasteiger partial charge in [-0.2, -0.15) is 0 Å². The average Bonchev–Trinajstić information content (AvgIpc) is 3.43. The number of anilines is 2. The summed E-state index contributed by atoms with van der Waals surface area (Å²) in [6.07, 6.45) is -0.346. The lowest BCUT2D eigenvalue weighted by Gasteiger charge is -2.34. The van der Waals surface area contributed by atoms with Gasteiger partial charge in [0, 0.05) is 49.4 Å². The predicted molar refractivity (Wildman–Crippen MR) is 200 cm³/mol. The molecule has 262 valence electrons. The number of para-hydroxylation sites is 1. The van der Waals surface area contributed by atoms with Crippen LogP contribution in [0, 0.1) is 6.92 Å². The molecule has 7 rings (SSSR count). The Hall–Kier alpha value is -5.57. The molecule has 2 aliphatic rings. The van der Waals surface area contributed by atoms with Crippen molar-refractivity contribution >= 4 is 34.6 Å². The Morgan fingerprint density at radius 1 is 0.882 bits per heavy atom. The van der Waals surface area contributed by atoms with Gasteiger partial charge in [0.05, 0.1) is 17.0 Å². The summed E-state index contributed by atoms with van der Waals surface area (Å²) in [5.41, 5.74) is 7.19. The maximum Gasteiger partial charge on any atom is 0.409 e. The Balaban J connectivity index is 1.05. The number of benzene rings is 4. The summed E-state index contributed by atoms with van der Waals surface area (Å²) in [5, 5.41) is 3.94. The molecular formula is C42H43N3O6. The number of rotatable bonds is 7. The first kappa shape index (κ1) is 33.9. The van der Waals surface area contributed by atoms with Crippen LogP contribution in [-0.2, 0) is 9.47 Å². The second-order valence-electron chi connectivity index (χ2n) is 14.4. The molecule has 1 aromatic heterocycles. The van der Waals surface area contributed by atoms with Crippen LogP contribution in [0.2, 0.25) is 0 Å². The number of piperazine rings is 1. The van der Waals surface area contributed by atoms with Crippen molar-refractivity contribution in [3.63, 3.8) is 0 Å². The number of hydrogen-bond acceptors (Lipinski definition) is 8. The third kappa shape index (κ3) is 6.93. The predicted octanol–water partition coefficient (Wildman–Crippen LogP) is 8.30. The zero-order chi connectivity index (χ0) is 35.9. The van der Waals surface area contributed by atoms with Crippen molar-refractivity contribution < 1.29 is 23.5 Å². The smallest absolute Gasteiger partial charge is 0.409 e. The molecule has 1 aliphatic heterocycles. The second-order valence-corrected chi connectivity index (χ2v) is 14.4. The molecule has 0 saturated carbocycles. The second kappa shape index (κ2) is 13.6. The number of carbonyl (C=O) groups excluding carboxylic acids is 2. The fourth-order valence-corrected chi connectivity index (χ4v) is 7.13. The number of hydrogen-bond donors (Lipinski definition) is 1. The van der Waals surface area contributed by atoms with Crippen molar-refractivity contribution in [1.82, 2.24) is 4.90 Å². The van der Waals surface area contributed by atoms with Crippen LogP contribution < -0.4 is 15.6 Å². The van der Waals surface area contributed by atoms with E-state index in [1.165, 1.54) is 28.3 Å². The highest BCUT2D eigenvalue weighted by Gasteiger charge is 2.31. The van der Waals surface area contributed by atoms with Gasteiger partial charge in [0.25, 0.3) is 0 Å². The van der Waals surface area contributed by atoms with Crippen LogP contribution >= 0.6 is 0 Å². The minimum atomic E-state index is -0.635. The van der Waals surface area contributed by atoms with Crippen LogP contribution in [0.4, 0.5) is 16.4 Å². The van der Waals surface area contributed by atoms with Gasteiger partial charge in [0.15, 0.2) is 11.3 Å². The lowest BCUT2D eigenvalue weighted by molar-refractivity contribution is 0.00705. The van der Waals surface area contributed by atoms with E-state index in [1.54, 1.807) is 17.0 Å². The van der Waals surface area contributed by atoms with E-state index < -0.39 is 11.6 Å². The summed E-state index contributed by atoms with van der Waals surface area (Å²) < 4.78 is 18.1. The maximum absolute atomic E-state index is 13.5. The number of ether oxygens (including phenoxy) is 2. The number of nitrogens with one attached hydrogen (secondary N) is 1. The zero-order valence-electron chi connectivity index (χ0n) is 29.7. The molecule has 51 heavy (non-hydrogen) atoms. The van der Waals surface area contributed by atoms with Crippen LogP contribution in [0.3, 0.4) is 0 Å². The molecule has 5 aromatic rings. The normalized spacial score (nSPS) is 14.9. The SMILES string of the molecule is Cc1cc(C(C)Nc2ccccc2C(=O)OC(C)(C)C)c2oc(N3CCN(C(=O)OCC4c5ccccc5-c5ccccc54)CC3)cc(=O)c2c1. The molecule has 1 aliphatic carbocycles. The van der Waals surface area contributed by atoms with Crippen LogP contribution in [0.15, 0.2) is 100 Å². The molecule has 4 aromatic carbocycles. The number of nitrogens with zero attached hydrogens (tertiary/aromatic N) is 2. The topological polar surface area (TPSA) is 101 Å². The molecule has 1 amide bonds. The number of aryl methyl sites for hydroxylation is 1. The highest BCUT2D eigenvalue weighted by Crippen LogP contribution is 2.44. The summed E-state index contributed by atoms with van der Waals surface area (Å²) in [7, 11) is 0. The molecule has 2 heterocycles. The molecule has 1 atom stereocenters. The highest BCUT2D eigenvalue weighted by molar-refractivity contribution is 5.96. The maximum atomic E-state index is 13.5. The van der Waals surface area contributed by atoms with Gasteiger partial charge in [-0.15, -0.1) is 0 Å². The first-order valence-electron chi connectivity index (χ1n) is 17.5. The van der Waals surface area contributed by atoms with Crippen molar-refractivity contribution in [2.75, 3.05) is 43.0 Å². The Morgan fingerprint density at radius 2 is 1.51 bits per heavy atom. The lowest BCUT2D eigenvalue weighted by Crippen LogP contribution is -2.49. The van der Waals surface area contributed by atoms with Crippen LogP contribution in [0.5, 0.6) is 0 Å². The van der Waals surface area contributed by atoms with Gasteiger partial charge in [-0.3, -0.25) is 4.79 Å². The van der Waals surface area contributed by atoms with Crippen LogP contribution in [0.25, 0.3) is 22.1 Å². The monoisotopic (exact) mass is 685 g/mol. The minimum absolute atomic E-state index is 0.00461. The fourth-order valence-electron chi connectivity index (χ4n) is 7.13. The molecule has 9 nitrogen and oxygen atoms in total. The molecule has 0 bridgehead atoms. The van der Waals surface area contributed by atoms with Gasteiger partial charge < -0.3 is 29.0 Å². The van der Waals surface area contributed by atoms with Crippen LogP contribution in [-0.4, -0.2) is 55.3 Å². The van der Waals surface area contributed by atoms with E-state index in [1.807, 2.05) is 88.0 Å². The van der Waals surface area contributed by atoms with E-state index in [0.29, 0.717) is 54.3 Å². The molecular weight excluding hydrogens is 642 g/mol. The third-order valence-corrected chi connectivity index (χ3v) is 9.56. The number of carbonyl (C=O) groups is 2. The minimum Gasteiger partial charge on any atom is -0.456 e. The van der Waals surface area contributed by atoms with Crippen molar-refractivity contribution in [2.24, 2.45) is 0 Å². The summed E-state index contributed by atoms with van der Waals surface area (Å²) in [4.78, 5) is 43.5. The van der Waals surface area contributed by atoms with Gasteiger partial charge in [0.2, 0.25) is 0 Å².